The molecule has 0 heterocycles. The van der Waals surface area contributed by atoms with Gasteiger partial charge in [-0.2, -0.15) is 0 Å². The van der Waals surface area contributed by atoms with Crippen LogP contribution in [0.1, 0.15) is 35.2 Å². The Balaban J connectivity index is 2.20. The number of ketones is 1. The minimum Gasteiger partial charge on any atom is -0.494 e. The van der Waals surface area contributed by atoms with E-state index in [1.54, 1.807) is 0 Å². The molecule has 0 saturated carbocycles. The van der Waals surface area contributed by atoms with Crippen molar-refractivity contribution in [1.82, 2.24) is 4.90 Å². The third-order valence-corrected chi connectivity index (χ3v) is 3.68. The maximum absolute atomic E-state index is 12.9. The van der Waals surface area contributed by atoms with E-state index in [2.05, 4.69) is 6.92 Å². The van der Waals surface area contributed by atoms with Crippen molar-refractivity contribution in [3.8, 4) is 5.75 Å². The molecule has 3 heteroatoms. The van der Waals surface area contributed by atoms with Crippen molar-refractivity contribution in [2.45, 2.75) is 19.3 Å². The molecule has 2 rings (SSSR count). The maximum Gasteiger partial charge on any atom is 0.171 e. The van der Waals surface area contributed by atoms with Crippen LogP contribution in [0.5, 0.6) is 5.75 Å². The normalized spacial score (nSPS) is 12.2. The van der Waals surface area contributed by atoms with Crippen LogP contribution in [0.2, 0.25) is 0 Å². The first-order valence-corrected chi connectivity index (χ1v) is 8.08. The van der Waals surface area contributed by atoms with Crippen molar-refractivity contribution in [1.29, 1.82) is 0 Å². The first-order chi connectivity index (χ1) is 11.1. The van der Waals surface area contributed by atoms with Crippen molar-refractivity contribution in [3.05, 3.63) is 65.7 Å². The number of Topliss-reactive ketones (excluding diaryl/α,β-unsaturated/α-hetero) is 1. The van der Waals surface area contributed by atoms with Crippen molar-refractivity contribution in [2.24, 2.45) is 0 Å². The van der Waals surface area contributed by atoms with Gasteiger partial charge in [-0.25, -0.2) is 0 Å². The predicted octanol–water partition coefficient (Wildman–Crippen LogP) is 4.00. The monoisotopic (exact) mass is 311 g/mol. The fourth-order valence-corrected chi connectivity index (χ4v) is 2.53. The van der Waals surface area contributed by atoms with Gasteiger partial charge < -0.3 is 9.64 Å². The van der Waals surface area contributed by atoms with Crippen molar-refractivity contribution < 1.29 is 9.53 Å². The summed E-state index contributed by atoms with van der Waals surface area (Å²) in [6.07, 6.45) is 0.972. The fraction of sp³-hybridized carbons (Fsp3) is 0.350. The third kappa shape index (κ3) is 4.93. The number of nitrogens with zero attached hydrogens (tertiary/aromatic N) is 1. The molecule has 2 aromatic rings. The van der Waals surface area contributed by atoms with Gasteiger partial charge in [0.1, 0.15) is 5.75 Å². The summed E-state index contributed by atoms with van der Waals surface area (Å²) in [4.78, 5) is 15.0. The lowest BCUT2D eigenvalue weighted by Gasteiger charge is -2.20. The molecule has 0 amide bonds. The average molecular weight is 311 g/mol. The first kappa shape index (κ1) is 17.2. The number of benzene rings is 2. The van der Waals surface area contributed by atoms with E-state index in [9.17, 15) is 4.79 Å². The minimum atomic E-state index is -0.159. The average Bonchev–Trinajstić information content (AvgIpc) is 2.58. The highest BCUT2D eigenvalue weighted by atomic mass is 16.5. The topological polar surface area (TPSA) is 29.5 Å². The fourth-order valence-electron chi connectivity index (χ4n) is 2.53. The van der Waals surface area contributed by atoms with Crippen LogP contribution in [0.15, 0.2) is 54.6 Å². The van der Waals surface area contributed by atoms with Gasteiger partial charge in [-0.1, -0.05) is 37.3 Å². The Bertz CT molecular complexity index is 605. The Morgan fingerprint density at radius 1 is 1.04 bits per heavy atom. The smallest absolute Gasteiger partial charge is 0.171 e. The van der Waals surface area contributed by atoms with Gasteiger partial charge in [-0.15, -0.1) is 0 Å². The quantitative estimate of drug-likeness (QED) is 0.690. The molecule has 122 valence electrons. The van der Waals surface area contributed by atoms with Gasteiger partial charge in [0.25, 0.3) is 0 Å². The zero-order valence-electron chi connectivity index (χ0n) is 14.2. The third-order valence-electron chi connectivity index (χ3n) is 3.68. The molecule has 0 aliphatic rings. The lowest BCUT2D eigenvalue weighted by atomic mass is 9.90. The molecule has 0 spiro atoms. The standard InChI is InChI=1S/C20H25NO2/c1-4-14-23-18-12-10-17(11-13-18)20(22)19(15-21(2)3)16-8-6-5-7-9-16/h5-13,19H,4,14-15H2,1-3H3/t19-/m0/s1. The molecule has 2 aromatic carbocycles. The summed E-state index contributed by atoms with van der Waals surface area (Å²) >= 11 is 0. The summed E-state index contributed by atoms with van der Waals surface area (Å²) in [5.74, 6) is 0.799. The second kappa shape index (κ2) is 8.49. The van der Waals surface area contributed by atoms with E-state index in [1.165, 1.54) is 0 Å². The number of hydrogen-bond donors (Lipinski definition) is 0. The Labute approximate surface area is 138 Å². The van der Waals surface area contributed by atoms with Crippen molar-refractivity contribution in [3.63, 3.8) is 0 Å². The molecular formula is C20H25NO2. The lowest BCUT2D eigenvalue weighted by Crippen LogP contribution is -2.26. The van der Waals surface area contributed by atoms with Gasteiger partial charge in [-0.3, -0.25) is 4.79 Å². The molecule has 0 saturated heterocycles. The zero-order valence-corrected chi connectivity index (χ0v) is 14.2. The number of hydrogen-bond acceptors (Lipinski definition) is 3. The Kier molecular flexibility index (Phi) is 6.36. The van der Waals surface area contributed by atoms with Gasteiger partial charge in [0.2, 0.25) is 0 Å². The lowest BCUT2D eigenvalue weighted by molar-refractivity contribution is 0.0944. The molecule has 23 heavy (non-hydrogen) atoms. The van der Waals surface area contributed by atoms with Gasteiger partial charge in [0, 0.05) is 12.1 Å². The van der Waals surface area contributed by atoms with Crippen LogP contribution >= 0.6 is 0 Å². The van der Waals surface area contributed by atoms with E-state index in [-0.39, 0.29) is 11.7 Å². The van der Waals surface area contributed by atoms with Crippen LogP contribution in [-0.4, -0.2) is 37.9 Å². The highest BCUT2D eigenvalue weighted by molar-refractivity contribution is 6.01. The molecular weight excluding hydrogens is 286 g/mol. The van der Waals surface area contributed by atoms with Gasteiger partial charge >= 0.3 is 0 Å². The predicted molar refractivity (Wildman–Crippen MR) is 94.3 cm³/mol. The van der Waals surface area contributed by atoms with Crippen molar-refractivity contribution >= 4 is 5.78 Å². The second-order valence-electron chi connectivity index (χ2n) is 5.96. The van der Waals surface area contributed by atoms with Crippen LogP contribution in [0.25, 0.3) is 0 Å². The molecule has 0 bridgehead atoms. The van der Waals surface area contributed by atoms with Gasteiger partial charge in [0.05, 0.1) is 12.5 Å². The number of carbonyl (C=O) groups excluding carboxylic acids is 1. The van der Waals surface area contributed by atoms with Crippen LogP contribution in [0, 0.1) is 0 Å². The minimum absolute atomic E-state index is 0.145. The summed E-state index contributed by atoms with van der Waals surface area (Å²) in [7, 11) is 3.98. The van der Waals surface area contributed by atoms with Crippen LogP contribution in [-0.2, 0) is 0 Å². The first-order valence-electron chi connectivity index (χ1n) is 8.08. The zero-order chi connectivity index (χ0) is 16.7. The molecule has 3 nitrogen and oxygen atoms in total. The Morgan fingerprint density at radius 3 is 2.26 bits per heavy atom. The summed E-state index contributed by atoms with van der Waals surface area (Å²) < 4.78 is 5.58. The van der Waals surface area contributed by atoms with Crippen LogP contribution in [0.4, 0.5) is 0 Å². The van der Waals surface area contributed by atoms with Crippen LogP contribution < -0.4 is 4.74 Å². The van der Waals surface area contributed by atoms with E-state index in [4.69, 9.17) is 4.74 Å². The summed E-state index contributed by atoms with van der Waals surface area (Å²) in [5.41, 5.74) is 1.78. The van der Waals surface area contributed by atoms with E-state index in [0.29, 0.717) is 13.2 Å². The molecule has 0 aliphatic carbocycles. The number of carbonyl (C=O) groups is 1. The molecule has 0 N–H and O–H groups in total. The van der Waals surface area contributed by atoms with E-state index >= 15 is 0 Å². The van der Waals surface area contributed by atoms with E-state index in [0.717, 1.165) is 23.3 Å². The van der Waals surface area contributed by atoms with Gasteiger partial charge in [0.15, 0.2) is 5.78 Å². The largest absolute Gasteiger partial charge is 0.494 e. The molecule has 0 aliphatic heterocycles. The van der Waals surface area contributed by atoms with Gasteiger partial charge in [-0.05, 0) is 50.3 Å². The number of ether oxygens (including phenoxy) is 1. The summed E-state index contributed by atoms with van der Waals surface area (Å²) in [6.45, 7) is 3.46. The maximum atomic E-state index is 12.9. The van der Waals surface area contributed by atoms with E-state index < -0.39 is 0 Å². The Morgan fingerprint density at radius 2 is 1.70 bits per heavy atom. The second-order valence-corrected chi connectivity index (χ2v) is 5.96. The highest BCUT2D eigenvalue weighted by Gasteiger charge is 2.22. The number of rotatable bonds is 8. The molecule has 0 fully saturated rings. The molecule has 1 atom stereocenters. The summed E-state index contributed by atoms with van der Waals surface area (Å²) in [5, 5.41) is 0. The molecule has 0 aromatic heterocycles. The Hall–Kier alpha value is -2.13. The van der Waals surface area contributed by atoms with E-state index in [1.807, 2.05) is 73.6 Å². The highest BCUT2D eigenvalue weighted by Crippen LogP contribution is 2.23. The van der Waals surface area contributed by atoms with Crippen LogP contribution in [0.3, 0.4) is 0 Å². The molecule has 0 radical (unpaired) electrons. The SMILES string of the molecule is CCCOc1ccc(C(=O)[C@@H](CN(C)C)c2ccccc2)cc1. The molecule has 0 unspecified atom stereocenters. The number of likely N-dealkylation sites (N-methyl/N-ethyl adjacent to an activating group) is 1. The summed E-state index contributed by atoms with van der Waals surface area (Å²) in [6, 6.07) is 17.4. The van der Waals surface area contributed by atoms with Crippen molar-refractivity contribution in [2.75, 3.05) is 27.2 Å².